The molecule has 124 valence electrons. The summed E-state index contributed by atoms with van der Waals surface area (Å²) in [5.74, 6) is 1.36. The molecular formula is C18H29NO3. The lowest BCUT2D eigenvalue weighted by Crippen LogP contribution is -2.44. The van der Waals surface area contributed by atoms with Gasteiger partial charge < -0.3 is 14.6 Å². The van der Waals surface area contributed by atoms with E-state index in [2.05, 4.69) is 18.7 Å². The second kappa shape index (κ2) is 7.84. The zero-order valence-electron chi connectivity index (χ0n) is 14.2. The number of nitrogens with zero attached hydrogens (tertiary/aromatic N) is 1. The summed E-state index contributed by atoms with van der Waals surface area (Å²) in [4.78, 5) is 2.52. The Hall–Kier alpha value is -1.26. The quantitative estimate of drug-likeness (QED) is 0.875. The Bertz CT molecular complexity index is 467. The fourth-order valence-corrected chi connectivity index (χ4v) is 3.41. The van der Waals surface area contributed by atoms with Gasteiger partial charge in [0.05, 0.1) is 20.3 Å². The van der Waals surface area contributed by atoms with Gasteiger partial charge in [0.15, 0.2) is 11.5 Å². The van der Waals surface area contributed by atoms with Crippen LogP contribution in [0, 0.1) is 0 Å². The van der Waals surface area contributed by atoms with Crippen molar-refractivity contribution in [2.75, 3.05) is 20.8 Å². The van der Waals surface area contributed by atoms with E-state index in [0.717, 1.165) is 18.5 Å². The van der Waals surface area contributed by atoms with Gasteiger partial charge in [0.2, 0.25) is 0 Å². The molecule has 0 spiro atoms. The Balaban J connectivity index is 1.98. The number of hydrogen-bond donors (Lipinski definition) is 1. The Morgan fingerprint density at radius 1 is 1.14 bits per heavy atom. The van der Waals surface area contributed by atoms with E-state index < -0.39 is 6.10 Å². The van der Waals surface area contributed by atoms with Crippen molar-refractivity contribution >= 4 is 0 Å². The Kier molecular flexibility index (Phi) is 6.09. The van der Waals surface area contributed by atoms with E-state index in [-0.39, 0.29) is 0 Å². The summed E-state index contributed by atoms with van der Waals surface area (Å²) >= 11 is 0. The van der Waals surface area contributed by atoms with Crippen molar-refractivity contribution in [1.82, 2.24) is 4.90 Å². The summed E-state index contributed by atoms with van der Waals surface area (Å²) in [7, 11) is 3.23. The largest absolute Gasteiger partial charge is 0.493 e. The zero-order chi connectivity index (χ0) is 16.1. The minimum atomic E-state index is -0.471. The molecule has 4 heteroatoms. The number of aliphatic hydroxyl groups is 1. The third-order valence-electron chi connectivity index (χ3n) is 4.83. The van der Waals surface area contributed by atoms with Gasteiger partial charge in [-0.15, -0.1) is 0 Å². The van der Waals surface area contributed by atoms with E-state index >= 15 is 0 Å². The number of methoxy groups -OCH3 is 2. The van der Waals surface area contributed by atoms with Crippen LogP contribution in [0.3, 0.4) is 0 Å². The summed E-state index contributed by atoms with van der Waals surface area (Å²) in [6.45, 7) is 5.51. The first-order valence-electron chi connectivity index (χ1n) is 8.22. The standard InChI is InChI=1S/C18H29NO3/c1-13-6-5-7-14(2)19(13)11-10-16(20)15-8-9-17(21-3)18(12-15)22-4/h8-9,12-14,16,20H,5-7,10-11H2,1-4H3. The van der Waals surface area contributed by atoms with E-state index in [1.165, 1.54) is 19.3 Å². The molecule has 0 bridgehead atoms. The van der Waals surface area contributed by atoms with Crippen molar-refractivity contribution in [2.24, 2.45) is 0 Å². The Labute approximate surface area is 134 Å². The van der Waals surface area contributed by atoms with Crippen molar-refractivity contribution in [1.29, 1.82) is 0 Å². The Morgan fingerprint density at radius 2 is 1.77 bits per heavy atom. The molecule has 0 aromatic heterocycles. The van der Waals surface area contributed by atoms with Crippen LogP contribution in [0.4, 0.5) is 0 Å². The lowest BCUT2D eigenvalue weighted by molar-refractivity contribution is 0.0747. The van der Waals surface area contributed by atoms with Crippen LogP contribution in [0.2, 0.25) is 0 Å². The van der Waals surface area contributed by atoms with E-state index in [1.807, 2.05) is 18.2 Å². The van der Waals surface area contributed by atoms with Crippen molar-refractivity contribution in [3.8, 4) is 11.5 Å². The van der Waals surface area contributed by atoms with Gasteiger partial charge in [-0.2, -0.15) is 0 Å². The molecule has 3 atom stereocenters. The van der Waals surface area contributed by atoms with Gasteiger partial charge in [0.1, 0.15) is 0 Å². The number of benzene rings is 1. The maximum atomic E-state index is 10.5. The SMILES string of the molecule is COc1ccc(C(O)CCN2C(C)CCCC2C)cc1OC. The highest BCUT2D eigenvalue weighted by Crippen LogP contribution is 2.31. The normalized spacial score (nSPS) is 24.0. The fraction of sp³-hybridized carbons (Fsp3) is 0.667. The maximum absolute atomic E-state index is 10.5. The van der Waals surface area contributed by atoms with E-state index in [9.17, 15) is 5.11 Å². The second-order valence-electron chi connectivity index (χ2n) is 6.29. The van der Waals surface area contributed by atoms with Gasteiger partial charge in [0, 0.05) is 18.6 Å². The average molecular weight is 307 g/mol. The van der Waals surface area contributed by atoms with Crippen LogP contribution in [-0.4, -0.2) is 42.9 Å². The number of aliphatic hydroxyl groups excluding tert-OH is 1. The van der Waals surface area contributed by atoms with Gasteiger partial charge in [-0.05, 0) is 50.8 Å². The van der Waals surface area contributed by atoms with Crippen LogP contribution in [0.15, 0.2) is 18.2 Å². The van der Waals surface area contributed by atoms with E-state index in [1.54, 1.807) is 14.2 Å². The average Bonchev–Trinajstić information content (AvgIpc) is 2.53. The molecule has 1 aromatic carbocycles. The van der Waals surface area contributed by atoms with Gasteiger partial charge >= 0.3 is 0 Å². The highest BCUT2D eigenvalue weighted by atomic mass is 16.5. The lowest BCUT2D eigenvalue weighted by Gasteiger charge is -2.39. The topological polar surface area (TPSA) is 41.9 Å². The smallest absolute Gasteiger partial charge is 0.161 e. The molecule has 2 rings (SSSR count). The van der Waals surface area contributed by atoms with E-state index in [4.69, 9.17) is 9.47 Å². The van der Waals surface area contributed by atoms with Gasteiger partial charge in [-0.3, -0.25) is 4.90 Å². The van der Waals surface area contributed by atoms with E-state index in [0.29, 0.717) is 23.6 Å². The van der Waals surface area contributed by atoms with Crippen molar-refractivity contribution in [3.05, 3.63) is 23.8 Å². The predicted octanol–water partition coefficient (Wildman–Crippen LogP) is 3.39. The monoisotopic (exact) mass is 307 g/mol. The predicted molar refractivity (Wildman–Crippen MR) is 88.6 cm³/mol. The van der Waals surface area contributed by atoms with Crippen LogP contribution >= 0.6 is 0 Å². The number of ether oxygens (including phenoxy) is 2. The summed E-state index contributed by atoms with van der Waals surface area (Å²) in [6.07, 6.45) is 4.11. The Morgan fingerprint density at radius 3 is 2.36 bits per heavy atom. The summed E-state index contributed by atoms with van der Waals surface area (Å²) < 4.78 is 10.5. The van der Waals surface area contributed by atoms with Gasteiger partial charge in [-0.1, -0.05) is 12.5 Å². The summed E-state index contributed by atoms with van der Waals surface area (Å²) in [5, 5.41) is 10.5. The second-order valence-corrected chi connectivity index (χ2v) is 6.29. The maximum Gasteiger partial charge on any atom is 0.161 e. The fourth-order valence-electron chi connectivity index (χ4n) is 3.41. The molecule has 4 nitrogen and oxygen atoms in total. The molecule has 0 amide bonds. The molecule has 0 aliphatic carbocycles. The number of hydrogen-bond acceptors (Lipinski definition) is 4. The van der Waals surface area contributed by atoms with Gasteiger partial charge in [-0.25, -0.2) is 0 Å². The highest BCUT2D eigenvalue weighted by molar-refractivity contribution is 5.43. The van der Waals surface area contributed by atoms with Crippen LogP contribution in [0.25, 0.3) is 0 Å². The van der Waals surface area contributed by atoms with Crippen molar-refractivity contribution < 1.29 is 14.6 Å². The summed E-state index contributed by atoms with van der Waals surface area (Å²) in [6, 6.07) is 6.85. The first kappa shape index (κ1) is 17.1. The first-order valence-corrected chi connectivity index (χ1v) is 8.22. The zero-order valence-corrected chi connectivity index (χ0v) is 14.2. The molecule has 22 heavy (non-hydrogen) atoms. The third-order valence-corrected chi connectivity index (χ3v) is 4.83. The number of rotatable bonds is 6. The first-order chi connectivity index (χ1) is 10.6. The molecule has 1 aliphatic heterocycles. The molecule has 3 unspecified atom stereocenters. The lowest BCUT2D eigenvalue weighted by atomic mass is 9.96. The van der Waals surface area contributed by atoms with Crippen LogP contribution < -0.4 is 9.47 Å². The summed E-state index contributed by atoms with van der Waals surface area (Å²) in [5.41, 5.74) is 0.884. The highest BCUT2D eigenvalue weighted by Gasteiger charge is 2.25. The molecule has 1 saturated heterocycles. The molecule has 1 heterocycles. The molecule has 1 aliphatic rings. The third kappa shape index (κ3) is 3.93. The molecule has 0 radical (unpaired) electrons. The van der Waals surface area contributed by atoms with Crippen molar-refractivity contribution in [3.63, 3.8) is 0 Å². The van der Waals surface area contributed by atoms with Gasteiger partial charge in [0.25, 0.3) is 0 Å². The number of likely N-dealkylation sites (tertiary alicyclic amines) is 1. The van der Waals surface area contributed by atoms with Crippen LogP contribution in [0.5, 0.6) is 11.5 Å². The molecule has 1 fully saturated rings. The molecule has 0 saturated carbocycles. The van der Waals surface area contributed by atoms with Crippen molar-refractivity contribution in [2.45, 2.75) is 57.7 Å². The van der Waals surface area contributed by atoms with Crippen LogP contribution in [-0.2, 0) is 0 Å². The number of piperidine rings is 1. The minimum Gasteiger partial charge on any atom is -0.493 e. The minimum absolute atomic E-state index is 0.471. The van der Waals surface area contributed by atoms with Crippen LogP contribution in [0.1, 0.15) is 51.2 Å². The molecule has 1 aromatic rings. The molecular weight excluding hydrogens is 278 g/mol. The molecule has 1 N–H and O–H groups in total.